The Morgan fingerprint density at radius 2 is 2.15 bits per heavy atom. The van der Waals surface area contributed by atoms with Crippen LogP contribution in [0.2, 0.25) is 0 Å². The normalized spacial score (nSPS) is 11.7. The number of carbonyl (C=O) groups is 1. The lowest BCUT2D eigenvalue weighted by atomic mass is 10.1. The van der Waals surface area contributed by atoms with E-state index in [1.54, 1.807) is 32.4 Å². The Hall–Kier alpha value is -1.90. The summed E-state index contributed by atoms with van der Waals surface area (Å²) in [7, 11) is 3.28. The highest BCUT2D eigenvalue weighted by molar-refractivity contribution is 5.78. The molecule has 0 fully saturated rings. The third kappa shape index (κ3) is 4.05. The molecule has 0 radical (unpaired) electrons. The Morgan fingerprint density at radius 1 is 1.40 bits per heavy atom. The molecule has 0 saturated heterocycles. The van der Waals surface area contributed by atoms with Crippen LogP contribution in [-0.4, -0.2) is 46.3 Å². The molecule has 1 unspecified atom stereocenters. The fraction of sp³-hybridized carbons (Fsp3) is 0.467. The van der Waals surface area contributed by atoms with E-state index >= 15 is 0 Å². The van der Waals surface area contributed by atoms with Gasteiger partial charge in [0.2, 0.25) is 0 Å². The second kappa shape index (κ2) is 8.31. The van der Waals surface area contributed by atoms with Gasteiger partial charge < -0.3 is 14.4 Å². The minimum absolute atomic E-state index is 0.101. The van der Waals surface area contributed by atoms with Crippen LogP contribution in [0, 0.1) is 11.3 Å². The summed E-state index contributed by atoms with van der Waals surface area (Å²) in [6, 6.07) is 7.35. The van der Waals surface area contributed by atoms with Crippen LogP contribution in [0.1, 0.15) is 22.8 Å². The lowest BCUT2D eigenvalue weighted by molar-refractivity contribution is 0.112. The quantitative estimate of drug-likeness (QED) is 0.678. The van der Waals surface area contributed by atoms with Crippen molar-refractivity contribution in [1.29, 1.82) is 5.26 Å². The van der Waals surface area contributed by atoms with E-state index in [2.05, 4.69) is 11.0 Å². The molecule has 0 spiro atoms. The first-order valence-corrected chi connectivity index (χ1v) is 6.41. The molecule has 0 amide bonds. The van der Waals surface area contributed by atoms with Crippen LogP contribution in [0.15, 0.2) is 18.2 Å². The summed E-state index contributed by atoms with van der Waals surface area (Å²) in [4.78, 5) is 12.9. The average molecular weight is 276 g/mol. The summed E-state index contributed by atoms with van der Waals surface area (Å²) in [5, 5.41) is 9.27. The fourth-order valence-corrected chi connectivity index (χ4v) is 2.07. The molecule has 1 atom stereocenters. The molecule has 20 heavy (non-hydrogen) atoms. The van der Waals surface area contributed by atoms with Crippen LogP contribution in [0.25, 0.3) is 0 Å². The molecule has 1 aromatic carbocycles. The summed E-state index contributed by atoms with van der Waals surface area (Å²) >= 11 is 0. The highest BCUT2D eigenvalue weighted by Crippen LogP contribution is 2.23. The molecule has 108 valence electrons. The van der Waals surface area contributed by atoms with Gasteiger partial charge in [0.05, 0.1) is 24.5 Å². The lowest BCUT2D eigenvalue weighted by Gasteiger charge is -2.31. The van der Waals surface area contributed by atoms with Crippen molar-refractivity contribution >= 4 is 12.0 Å². The van der Waals surface area contributed by atoms with Gasteiger partial charge in [-0.15, -0.1) is 0 Å². The number of nitrogens with zero attached hydrogens (tertiary/aromatic N) is 2. The number of nitriles is 1. The first kappa shape index (κ1) is 16.2. The molecule has 0 heterocycles. The Kier molecular flexibility index (Phi) is 6.71. The molecule has 5 heteroatoms. The zero-order valence-electron chi connectivity index (χ0n) is 12.1. The summed E-state index contributed by atoms with van der Waals surface area (Å²) < 4.78 is 10.3. The van der Waals surface area contributed by atoms with Crippen LogP contribution in [0.5, 0.6) is 0 Å². The molecule has 0 saturated carbocycles. The third-order valence-electron chi connectivity index (χ3n) is 3.06. The second-order valence-electron chi connectivity index (χ2n) is 4.50. The predicted octanol–water partition coefficient (Wildman–Crippen LogP) is 1.86. The van der Waals surface area contributed by atoms with Crippen molar-refractivity contribution in [2.45, 2.75) is 13.0 Å². The van der Waals surface area contributed by atoms with Gasteiger partial charge in [0.1, 0.15) is 12.4 Å². The maximum Gasteiger partial charge on any atom is 0.150 e. The van der Waals surface area contributed by atoms with Gasteiger partial charge in [0.25, 0.3) is 0 Å². The Morgan fingerprint density at radius 3 is 2.70 bits per heavy atom. The largest absolute Gasteiger partial charge is 0.383 e. The fourth-order valence-electron chi connectivity index (χ4n) is 2.07. The molecule has 1 rings (SSSR count). The number of aldehydes is 1. The maximum absolute atomic E-state index is 10.8. The van der Waals surface area contributed by atoms with Gasteiger partial charge >= 0.3 is 0 Å². The third-order valence-corrected chi connectivity index (χ3v) is 3.06. The van der Waals surface area contributed by atoms with Crippen LogP contribution in [-0.2, 0) is 9.47 Å². The van der Waals surface area contributed by atoms with Gasteiger partial charge in [-0.05, 0) is 25.1 Å². The van der Waals surface area contributed by atoms with E-state index < -0.39 is 0 Å². The van der Waals surface area contributed by atoms with E-state index in [0.29, 0.717) is 30.9 Å². The Balaban J connectivity index is 3.12. The first-order valence-electron chi connectivity index (χ1n) is 6.41. The maximum atomic E-state index is 10.8. The molecule has 5 nitrogen and oxygen atoms in total. The number of carbonyl (C=O) groups excluding carboxylic acids is 1. The number of benzene rings is 1. The topological polar surface area (TPSA) is 62.6 Å². The second-order valence-corrected chi connectivity index (χ2v) is 4.50. The molecule has 0 N–H and O–H groups in total. The van der Waals surface area contributed by atoms with Crippen molar-refractivity contribution < 1.29 is 14.3 Å². The van der Waals surface area contributed by atoms with Gasteiger partial charge in [0.15, 0.2) is 0 Å². The SMILES string of the molecule is COCCN(c1ccc(C=O)cc1C#N)C(C)COC. The number of methoxy groups -OCH3 is 2. The number of hydrogen-bond donors (Lipinski definition) is 0. The summed E-state index contributed by atoms with van der Waals surface area (Å²) in [6.45, 7) is 3.77. The molecule has 0 aliphatic heterocycles. The van der Waals surface area contributed by atoms with Crippen molar-refractivity contribution in [3.05, 3.63) is 29.3 Å². The van der Waals surface area contributed by atoms with E-state index in [4.69, 9.17) is 9.47 Å². The molecular weight excluding hydrogens is 256 g/mol. The number of anilines is 1. The molecule has 0 aromatic heterocycles. The van der Waals surface area contributed by atoms with Crippen LogP contribution >= 0.6 is 0 Å². The molecule has 1 aromatic rings. The Bertz CT molecular complexity index is 482. The highest BCUT2D eigenvalue weighted by atomic mass is 16.5. The molecular formula is C15H20N2O3. The Labute approximate surface area is 119 Å². The summed E-state index contributed by atoms with van der Waals surface area (Å²) in [5.74, 6) is 0. The predicted molar refractivity (Wildman–Crippen MR) is 77.1 cm³/mol. The minimum Gasteiger partial charge on any atom is -0.383 e. The van der Waals surface area contributed by atoms with Gasteiger partial charge in [-0.1, -0.05) is 0 Å². The van der Waals surface area contributed by atoms with Crippen molar-refractivity contribution in [1.82, 2.24) is 0 Å². The number of hydrogen-bond acceptors (Lipinski definition) is 5. The average Bonchev–Trinajstić information content (AvgIpc) is 2.48. The van der Waals surface area contributed by atoms with Gasteiger partial charge in [-0.2, -0.15) is 5.26 Å². The van der Waals surface area contributed by atoms with E-state index in [1.807, 2.05) is 6.92 Å². The zero-order valence-corrected chi connectivity index (χ0v) is 12.1. The molecule has 0 aliphatic rings. The summed E-state index contributed by atoms with van der Waals surface area (Å²) in [5.41, 5.74) is 1.77. The van der Waals surface area contributed by atoms with Gasteiger partial charge in [-0.25, -0.2) is 0 Å². The number of ether oxygens (including phenoxy) is 2. The van der Waals surface area contributed by atoms with Crippen molar-refractivity contribution in [2.24, 2.45) is 0 Å². The minimum atomic E-state index is 0.101. The monoisotopic (exact) mass is 276 g/mol. The standard InChI is InChI=1S/C15H20N2O3/c1-12(11-20-3)17(6-7-19-2)15-5-4-13(10-18)8-14(15)9-16/h4-5,8,10,12H,6-7,11H2,1-3H3. The van der Waals surface area contributed by atoms with Crippen LogP contribution < -0.4 is 4.90 Å². The van der Waals surface area contributed by atoms with Gasteiger partial charge in [-0.3, -0.25) is 4.79 Å². The van der Waals surface area contributed by atoms with E-state index in [9.17, 15) is 10.1 Å². The van der Waals surface area contributed by atoms with E-state index in [1.165, 1.54) is 0 Å². The number of rotatable bonds is 8. The zero-order chi connectivity index (χ0) is 15.0. The van der Waals surface area contributed by atoms with E-state index in [-0.39, 0.29) is 6.04 Å². The van der Waals surface area contributed by atoms with Crippen molar-refractivity contribution in [2.75, 3.05) is 38.9 Å². The van der Waals surface area contributed by atoms with Crippen molar-refractivity contribution in [3.8, 4) is 6.07 Å². The van der Waals surface area contributed by atoms with Crippen LogP contribution in [0.3, 0.4) is 0 Å². The van der Waals surface area contributed by atoms with Crippen molar-refractivity contribution in [3.63, 3.8) is 0 Å². The smallest absolute Gasteiger partial charge is 0.150 e. The van der Waals surface area contributed by atoms with E-state index in [0.717, 1.165) is 12.0 Å². The summed E-state index contributed by atoms with van der Waals surface area (Å²) in [6.07, 6.45) is 0.739. The van der Waals surface area contributed by atoms with Gasteiger partial charge in [0, 0.05) is 32.4 Å². The first-order chi connectivity index (χ1) is 9.67. The molecule has 0 bridgehead atoms. The highest BCUT2D eigenvalue weighted by Gasteiger charge is 2.17. The molecule has 0 aliphatic carbocycles. The van der Waals surface area contributed by atoms with Crippen LogP contribution in [0.4, 0.5) is 5.69 Å². The lowest BCUT2D eigenvalue weighted by Crippen LogP contribution is -2.39.